The fraction of sp³-hybridized carbons (Fsp3) is 0.111. The molecule has 0 atom stereocenters. The molecule has 0 aliphatic carbocycles. The lowest BCUT2D eigenvalue weighted by Crippen LogP contribution is -2.09. The molecule has 16 heavy (non-hydrogen) atoms. The maximum atomic E-state index is 12.6. The molecule has 0 aliphatic rings. The molecule has 1 aromatic heterocycles. The molecule has 0 saturated carbocycles. The van der Waals surface area contributed by atoms with Gasteiger partial charge in [0.2, 0.25) is 5.28 Å². The molecule has 0 saturated heterocycles. The van der Waals surface area contributed by atoms with Crippen LogP contribution in [0.25, 0.3) is 10.9 Å². The van der Waals surface area contributed by atoms with Crippen molar-refractivity contribution in [2.24, 2.45) is 0 Å². The molecular formula is C9H3Cl2F3N2. The van der Waals surface area contributed by atoms with Gasteiger partial charge in [-0.25, -0.2) is 9.97 Å². The van der Waals surface area contributed by atoms with Crippen molar-refractivity contribution < 1.29 is 13.2 Å². The topological polar surface area (TPSA) is 25.8 Å². The molecule has 1 heterocycles. The fourth-order valence-corrected chi connectivity index (χ4v) is 1.63. The SMILES string of the molecule is FC(F)(F)c1nc(Cl)nc2cc(Cl)ccc12. The predicted octanol–water partition coefficient (Wildman–Crippen LogP) is 3.96. The number of fused-ring (bicyclic) bond motifs is 1. The summed E-state index contributed by atoms with van der Waals surface area (Å²) in [5.41, 5.74) is -0.987. The van der Waals surface area contributed by atoms with E-state index in [-0.39, 0.29) is 15.9 Å². The normalized spacial score (nSPS) is 12.1. The third-order valence-electron chi connectivity index (χ3n) is 1.90. The summed E-state index contributed by atoms with van der Waals surface area (Å²) in [5.74, 6) is 0. The summed E-state index contributed by atoms with van der Waals surface area (Å²) in [6.07, 6.45) is -4.57. The van der Waals surface area contributed by atoms with Crippen LogP contribution in [0.1, 0.15) is 5.69 Å². The Morgan fingerprint density at radius 3 is 2.38 bits per heavy atom. The second kappa shape index (κ2) is 3.75. The average Bonchev–Trinajstić information content (AvgIpc) is 2.14. The molecule has 0 spiro atoms. The van der Waals surface area contributed by atoms with Crippen molar-refractivity contribution in [2.75, 3.05) is 0 Å². The number of benzene rings is 1. The fourth-order valence-electron chi connectivity index (χ4n) is 1.29. The zero-order chi connectivity index (χ0) is 11.9. The van der Waals surface area contributed by atoms with Crippen LogP contribution < -0.4 is 0 Å². The summed E-state index contributed by atoms with van der Waals surface area (Å²) >= 11 is 11.1. The molecule has 0 amide bonds. The van der Waals surface area contributed by atoms with E-state index in [2.05, 4.69) is 9.97 Å². The Labute approximate surface area is 98.0 Å². The van der Waals surface area contributed by atoms with Crippen molar-refractivity contribution in [3.63, 3.8) is 0 Å². The number of aromatic nitrogens is 2. The van der Waals surface area contributed by atoms with Gasteiger partial charge in [-0.3, -0.25) is 0 Å². The molecule has 0 aliphatic heterocycles. The van der Waals surface area contributed by atoms with Gasteiger partial charge in [-0.15, -0.1) is 0 Å². The molecule has 2 nitrogen and oxygen atoms in total. The van der Waals surface area contributed by atoms with Gasteiger partial charge < -0.3 is 0 Å². The third-order valence-corrected chi connectivity index (χ3v) is 2.30. The second-order valence-corrected chi connectivity index (χ2v) is 3.77. The summed E-state index contributed by atoms with van der Waals surface area (Å²) in [4.78, 5) is 6.87. The van der Waals surface area contributed by atoms with Gasteiger partial charge in [-0.2, -0.15) is 13.2 Å². The van der Waals surface area contributed by atoms with E-state index in [1.54, 1.807) is 0 Å². The average molecular weight is 267 g/mol. The molecule has 0 N–H and O–H groups in total. The number of hydrogen-bond donors (Lipinski definition) is 0. The zero-order valence-electron chi connectivity index (χ0n) is 7.52. The van der Waals surface area contributed by atoms with Gasteiger partial charge in [0.15, 0.2) is 5.69 Å². The molecule has 2 rings (SSSR count). The molecule has 7 heteroatoms. The van der Waals surface area contributed by atoms with Crippen LogP contribution in [0, 0.1) is 0 Å². The van der Waals surface area contributed by atoms with E-state index >= 15 is 0 Å². The summed E-state index contributed by atoms with van der Waals surface area (Å²) < 4.78 is 37.8. The molecule has 0 unspecified atom stereocenters. The van der Waals surface area contributed by atoms with Gasteiger partial charge in [-0.05, 0) is 29.8 Å². The van der Waals surface area contributed by atoms with Crippen LogP contribution in [-0.4, -0.2) is 9.97 Å². The van der Waals surface area contributed by atoms with E-state index in [1.165, 1.54) is 18.2 Å². The van der Waals surface area contributed by atoms with Crippen molar-refractivity contribution >= 4 is 34.1 Å². The summed E-state index contributed by atoms with van der Waals surface area (Å²) in [7, 11) is 0. The Bertz CT molecular complexity index is 549. The smallest absolute Gasteiger partial charge is 0.218 e. The second-order valence-electron chi connectivity index (χ2n) is 3.00. The summed E-state index contributed by atoms with van der Waals surface area (Å²) in [6, 6.07) is 3.87. The Morgan fingerprint density at radius 2 is 1.75 bits per heavy atom. The molecule has 84 valence electrons. The van der Waals surface area contributed by atoms with Crippen LogP contribution >= 0.6 is 23.2 Å². The van der Waals surface area contributed by atoms with Crippen molar-refractivity contribution in [3.8, 4) is 0 Å². The zero-order valence-corrected chi connectivity index (χ0v) is 9.03. The highest BCUT2D eigenvalue weighted by molar-refractivity contribution is 6.31. The Hall–Kier alpha value is -1.07. The molecule has 1 aromatic carbocycles. The summed E-state index contributed by atoms with van der Waals surface area (Å²) in [5, 5.41) is -0.293. The van der Waals surface area contributed by atoms with Crippen LogP contribution in [0.3, 0.4) is 0 Å². The third kappa shape index (κ3) is 2.05. The van der Waals surface area contributed by atoms with E-state index in [9.17, 15) is 13.2 Å². The van der Waals surface area contributed by atoms with Crippen molar-refractivity contribution in [1.82, 2.24) is 9.97 Å². The largest absolute Gasteiger partial charge is 0.434 e. The quantitative estimate of drug-likeness (QED) is 0.675. The molecular weight excluding hydrogens is 264 g/mol. The molecule has 2 aromatic rings. The highest BCUT2D eigenvalue weighted by atomic mass is 35.5. The van der Waals surface area contributed by atoms with Crippen LogP contribution in [0.2, 0.25) is 10.3 Å². The first kappa shape index (κ1) is 11.4. The maximum Gasteiger partial charge on any atom is 0.434 e. The molecule has 0 fully saturated rings. The number of halogens is 5. The van der Waals surface area contributed by atoms with Gasteiger partial charge in [0.05, 0.1) is 5.52 Å². The Kier molecular flexibility index (Phi) is 2.67. The highest BCUT2D eigenvalue weighted by Crippen LogP contribution is 2.34. The lowest BCUT2D eigenvalue weighted by molar-refractivity contribution is -0.139. The van der Waals surface area contributed by atoms with Crippen LogP contribution in [0.5, 0.6) is 0 Å². The standard InChI is InChI=1S/C9H3Cl2F3N2/c10-4-1-2-5-6(3-4)15-8(11)16-7(5)9(12,13)14/h1-3H. The minimum Gasteiger partial charge on any atom is -0.218 e. The van der Waals surface area contributed by atoms with Crippen molar-refractivity contribution in [1.29, 1.82) is 0 Å². The predicted molar refractivity (Wildman–Crippen MR) is 54.6 cm³/mol. The van der Waals surface area contributed by atoms with E-state index in [0.29, 0.717) is 0 Å². The first-order chi connectivity index (χ1) is 7.38. The number of hydrogen-bond acceptors (Lipinski definition) is 2. The lowest BCUT2D eigenvalue weighted by Gasteiger charge is -2.09. The van der Waals surface area contributed by atoms with E-state index in [1.807, 2.05) is 0 Å². The first-order valence-electron chi connectivity index (χ1n) is 4.08. The van der Waals surface area contributed by atoms with Gasteiger partial charge in [0, 0.05) is 10.4 Å². The van der Waals surface area contributed by atoms with E-state index in [0.717, 1.165) is 0 Å². The van der Waals surface area contributed by atoms with Crippen LogP contribution in [0.15, 0.2) is 18.2 Å². The monoisotopic (exact) mass is 266 g/mol. The van der Waals surface area contributed by atoms with Crippen LogP contribution in [0.4, 0.5) is 13.2 Å². The van der Waals surface area contributed by atoms with Gasteiger partial charge in [-0.1, -0.05) is 11.6 Å². The minimum absolute atomic E-state index is 0.0693. The molecule has 0 radical (unpaired) electrons. The Morgan fingerprint density at radius 1 is 1.06 bits per heavy atom. The number of nitrogens with zero attached hydrogens (tertiary/aromatic N) is 2. The molecule has 0 bridgehead atoms. The van der Waals surface area contributed by atoms with Crippen molar-refractivity contribution in [2.45, 2.75) is 6.18 Å². The first-order valence-corrected chi connectivity index (χ1v) is 4.83. The van der Waals surface area contributed by atoms with Gasteiger partial charge in [0.25, 0.3) is 0 Å². The maximum absolute atomic E-state index is 12.6. The van der Waals surface area contributed by atoms with Crippen LogP contribution in [-0.2, 0) is 6.18 Å². The number of rotatable bonds is 0. The summed E-state index contributed by atoms with van der Waals surface area (Å²) in [6.45, 7) is 0. The van der Waals surface area contributed by atoms with Gasteiger partial charge in [0.1, 0.15) is 0 Å². The highest BCUT2D eigenvalue weighted by Gasteiger charge is 2.35. The Balaban J connectivity index is 2.83. The number of alkyl halides is 3. The van der Waals surface area contributed by atoms with E-state index < -0.39 is 17.2 Å². The van der Waals surface area contributed by atoms with Crippen molar-refractivity contribution in [3.05, 3.63) is 34.2 Å². The van der Waals surface area contributed by atoms with Gasteiger partial charge >= 0.3 is 6.18 Å². The van der Waals surface area contributed by atoms with E-state index in [4.69, 9.17) is 23.2 Å². The lowest BCUT2D eigenvalue weighted by atomic mass is 10.2. The minimum atomic E-state index is -4.57.